The summed E-state index contributed by atoms with van der Waals surface area (Å²) in [5.41, 5.74) is 2.58. The lowest BCUT2D eigenvalue weighted by Gasteiger charge is -2.43. The summed E-state index contributed by atoms with van der Waals surface area (Å²) in [5.74, 6) is 1.17. The fourth-order valence-corrected chi connectivity index (χ4v) is 3.85. The number of rotatable bonds is 5. The second-order valence-corrected chi connectivity index (χ2v) is 8.28. The summed E-state index contributed by atoms with van der Waals surface area (Å²) >= 11 is 3.53. The van der Waals surface area contributed by atoms with Gasteiger partial charge in [0.2, 0.25) is 0 Å². The number of nitrogens with zero attached hydrogens (tertiary/aromatic N) is 2. The number of amides is 1. The van der Waals surface area contributed by atoms with Gasteiger partial charge in [-0.1, -0.05) is 12.1 Å². The van der Waals surface area contributed by atoms with Crippen LogP contribution in [-0.4, -0.2) is 63.1 Å². The number of nitrogens with one attached hydrogen (secondary N) is 1. The highest BCUT2D eigenvalue weighted by Gasteiger charge is 2.43. The molecule has 0 unspecified atom stereocenters. The van der Waals surface area contributed by atoms with Crippen molar-refractivity contribution in [2.24, 2.45) is 0 Å². The number of fused-ring (bicyclic) bond motifs is 1. The van der Waals surface area contributed by atoms with Crippen LogP contribution in [0.2, 0.25) is 0 Å². The highest BCUT2D eigenvalue weighted by molar-refractivity contribution is 7.79. The highest BCUT2D eigenvalue weighted by Crippen LogP contribution is 2.37. The number of benzene rings is 2. The smallest absolute Gasteiger partial charge is 0.252 e. The number of hydrogen-bond acceptors (Lipinski definition) is 7. The van der Waals surface area contributed by atoms with Crippen LogP contribution in [0.5, 0.6) is 11.5 Å². The van der Waals surface area contributed by atoms with E-state index < -0.39 is 5.54 Å². The van der Waals surface area contributed by atoms with E-state index in [0.29, 0.717) is 30.3 Å². The Morgan fingerprint density at radius 1 is 1.11 bits per heavy atom. The van der Waals surface area contributed by atoms with Gasteiger partial charge in [0.15, 0.2) is 0 Å². The van der Waals surface area contributed by atoms with Crippen molar-refractivity contribution in [1.82, 2.24) is 15.2 Å². The molecule has 2 aliphatic rings. The zero-order valence-corrected chi connectivity index (χ0v) is 21.8. The maximum Gasteiger partial charge on any atom is 0.252 e. The van der Waals surface area contributed by atoms with E-state index in [4.69, 9.17) is 14.2 Å². The van der Waals surface area contributed by atoms with Gasteiger partial charge in [0.05, 0.1) is 33.0 Å². The summed E-state index contributed by atoms with van der Waals surface area (Å²) in [6.07, 6.45) is 7.62. The SMILES string of the molecule is CN1C=CC1.COc1ccc(C)c(C(=O)NC2(c3cc(OC)cc4ncccc34)COC2)c1.CS. The van der Waals surface area contributed by atoms with Crippen LogP contribution in [0.15, 0.2) is 60.9 Å². The predicted molar refractivity (Wildman–Crippen MR) is 143 cm³/mol. The largest absolute Gasteiger partial charge is 0.497 e. The Kier molecular flexibility index (Phi) is 9.01. The van der Waals surface area contributed by atoms with E-state index in [1.807, 2.05) is 43.3 Å². The number of ether oxygens (including phenoxy) is 3. The number of methoxy groups -OCH3 is 2. The molecule has 2 aliphatic heterocycles. The third-order valence-corrected chi connectivity index (χ3v) is 5.94. The van der Waals surface area contributed by atoms with Gasteiger partial charge in [-0.05, 0) is 60.8 Å². The quantitative estimate of drug-likeness (QED) is 0.517. The van der Waals surface area contributed by atoms with Crippen LogP contribution in [0, 0.1) is 6.92 Å². The Morgan fingerprint density at radius 2 is 1.80 bits per heavy atom. The zero-order valence-electron chi connectivity index (χ0n) is 20.9. The van der Waals surface area contributed by atoms with Gasteiger partial charge in [0.1, 0.15) is 17.0 Å². The molecule has 1 N–H and O–H groups in total. The Balaban J connectivity index is 0.000000428. The molecule has 0 atom stereocenters. The standard InChI is InChI=1S/C22H22N2O4.C4H7N.CH4S/c1-14-6-7-15(26-2)9-18(14)21(25)24-22(12-28-13-22)19-10-16(27-3)11-20-17(19)5-4-8-23-20;1-5-3-2-4-5;1-2/h4-11H,12-13H2,1-3H3,(H,24,25);2-3H,4H2,1H3;2H,1H3. The number of carbonyl (C=O) groups excluding carboxylic acids is 1. The lowest BCUT2D eigenvalue weighted by atomic mass is 9.84. The van der Waals surface area contributed by atoms with Crippen molar-refractivity contribution in [2.75, 3.05) is 47.3 Å². The molecule has 0 aliphatic carbocycles. The van der Waals surface area contributed by atoms with Crippen LogP contribution in [0.4, 0.5) is 0 Å². The van der Waals surface area contributed by atoms with E-state index in [0.717, 1.165) is 28.6 Å². The number of hydrogen-bond donors (Lipinski definition) is 2. The lowest BCUT2D eigenvalue weighted by molar-refractivity contribution is -0.0727. The van der Waals surface area contributed by atoms with Crippen LogP contribution >= 0.6 is 12.6 Å². The molecule has 1 aromatic heterocycles. The second kappa shape index (κ2) is 12.0. The molecule has 0 saturated carbocycles. The van der Waals surface area contributed by atoms with Crippen LogP contribution in [0.25, 0.3) is 10.9 Å². The molecular weight excluding hydrogens is 462 g/mol. The van der Waals surface area contributed by atoms with E-state index in [9.17, 15) is 4.79 Å². The molecule has 35 heavy (non-hydrogen) atoms. The fourth-order valence-electron chi connectivity index (χ4n) is 3.85. The third-order valence-electron chi connectivity index (χ3n) is 5.94. The molecule has 1 fully saturated rings. The monoisotopic (exact) mass is 495 g/mol. The second-order valence-electron chi connectivity index (χ2n) is 8.28. The molecule has 0 radical (unpaired) electrons. The minimum absolute atomic E-state index is 0.167. The minimum atomic E-state index is -0.636. The topological polar surface area (TPSA) is 72.9 Å². The first-order valence-corrected chi connectivity index (χ1v) is 12.1. The minimum Gasteiger partial charge on any atom is -0.497 e. The van der Waals surface area contributed by atoms with Crippen LogP contribution in [0.1, 0.15) is 21.5 Å². The number of carbonyl (C=O) groups is 1. The lowest BCUT2D eigenvalue weighted by Crippen LogP contribution is -2.59. The summed E-state index contributed by atoms with van der Waals surface area (Å²) in [6, 6.07) is 13.2. The summed E-state index contributed by atoms with van der Waals surface area (Å²) in [4.78, 5) is 19.7. The van der Waals surface area contributed by atoms with Gasteiger partial charge in [-0.15, -0.1) is 0 Å². The molecule has 186 valence electrons. The Bertz CT molecular complexity index is 1190. The number of thiol groups is 1. The first-order valence-electron chi connectivity index (χ1n) is 11.3. The van der Waals surface area contributed by atoms with Crippen molar-refractivity contribution in [3.05, 3.63) is 77.6 Å². The molecular formula is C27H33N3O4S. The van der Waals surface area contributed by atoms with Gasteiger partial charge in [-0.3, -0.25) is 9.78 Å². The number of likely N-dealkylation sites (N-methyl/N-ethyl adjacent to an activating group) is 1. The van der Waals surface area contributed by atoms with Crippen molar-refractivity contribution < 1.29 is 19.0 Å². The van der Waals surface area contributed by atoms with Crippen molar-refractivity contribution in [1.29, 1.82) is 0 Å². The normalized spacial score (nSPS) is 14.9. The summed E-state index contributed by atoms with van der Waals surface area (Å²) in [6.45, 7) is 3.82. The van der Waals surface area contributed by atoms with Crippen LogP contribution < -0.4 is 14.8 Å². The van der Waals surface area contributed by atoms with Crippen molar-refractivity contribution in [3.8, 4) is 11.5 Å². The summed E-state index contributed by atoms with van der Waals surface area (Å²) in [7, 11) is 5.26. The van der Waals surface area contributed by atoms with Crippen molar-refractivity contribution in [2.45, 2.75) is 12.5 Å². The average Bonchev–Trinajstić information content (AvgIpc) is 2.86. The maximum atomic E-state index is 13.1. The van der Waals surface area contributed by atoms with E-state index in [-0.39, 0.29) is 5.91 Å². The first kappa shape index (κ1) is 26.4. The van der Waals surface area contributed by atoms with E-state index in [1.54, 1.807) is 32.7 Å². The molecule has 3 heterocycles. The molecule has 0 spiro atoms. The summed E-state index contributed by atoms with van der Waals surface area (Å²) in [5, 5.41) is 4.16. The summed E-state index contributed by atoms with van der Waals surface area (Å²) < 4.78 is 16.3. The first-order chi connectivity index (χ1) is 17.0. The molecule has 3 aromatic rings. The molecule has 7 nitrogen and oxygen atoms in total. The fraction of sp³-hybridized carbons (Fsp3) is 0.333. The molecule has 1 saturated heterocycles. The van der Waals surface area contributed by atoms with Gasteiger partial charge in [0, 0.05) is 36.8 Å². The molecule has 5 rings (SSSR count). The zero-order chi connectivity index (χ0) is 25.4. The van der Waals surface area contributed by atoms with E-state index >= 15 is 0 Å². The average molecular weight is 496 g/mol. The molecule has 8 heteroatoms. The maximum absolute atomic E-state index is 13.1. The van der Waals surface area contributed by atoms with Crippen LogP contribution in [-0.2, 0) is 10.3 Å². The number of pyridine rings is 1. The Labute approximate surface area is 212 Å². The van der Waals surface area contributed by atoms with Gasteiger partial charge >= 0.3 is 0 Å². The van der Waals surface area contributed by atoms with Gasteiger partial charge in [0.25, 0.3) is 5.91 Å². The third kappa shape index (κ3) is 5.89. The van der Waals surface area contributed by atoms with Gasteiger partial charge in [-0.2, -0.15) is 12.6 Å². The number of aromatic nitrogens is 1. The van der Waals surface area contributed by atoms with Crippen LogP contribution in [0.3, 0.4) is 0 Å². The predicted octanol–water partition coefficient (Wildman–Crippen LogP) is 4.21. The molecule has 2 aromatic carbocycles. The molecule has 1 amide bonds. The Hall–Kier alpha value is -3.23. The van der Waals surface area contributed by atoms with E-state index in [1.165, 1.54) is 0 Å². The Morgan fingerprint density at radius 3 is 2.34 bits per heavy atom. The van der Waals surface area contributed by atoms with E-state index in [2.05, 4.69) is 47.2 Å². The molecule has 0 bridgehead atoms. The highest BCUT2D eigenvalue weighted by atomic mass is 32.1. The van der Waals surface area contributed by atoms with Gasteiger partial charge < -0.3 is 24.4 Å². The van der Waals surface area contributed by atoms with Crippen molar-refractivity contribution in [3.63, 3.8) is 0 Å². The van der Waals surface area contributed by atoms with Gasteiger partial charge in [-0.25, -0.2) is 0 Å². The van der Waals surface area contributed by atoms with Crippen molar-refractivity contribution >= 4 is 29.4 Å². The number of aryl methyl sites for hydroxylation is 1.